The average Bonchev–Trinajstić information content (AvgIpc) is 2.49. The summed E-state index contributed by atoms with van der Waals surface area (Å²) in [7, 11) is 0. The lowest BCUT2D eigenvalue weighted by molar-refractivity contribution is 0.632. The van der Waals surface area contributed by atoms with Crippen molar-refractivity contribution < 1.29 is 4.39 Å². The molecule has 0 saturated heterocycles. The number of anilines is 2. The number of nitrogens with two attached hydrogens (primary N) is 1. The predicted molar refractivity (Wildman–Crippen MR) is 84.6 cm³/mol. The Hall–Kier alpha value is -2.62. The van der Waals surface area contributed by atoms with Gasteiger partial charge in [0.1, 0.15) is 0 Å². The Labute approximate surface area is 122 Å². The molecule has 3 aromatic rings. The minimum atomic E-state index is -0.382. The van der Waals surface area contributed by atoms with Crippen LogP contribution in [0.3, 0.4) is 0 Å². The van der Waals surface area contributed by atoms with Gasteiger partial charge in [0.2, 0.25) is 0 Å². The normalized spacial score (nSPS) is 10.8. The van der Waals surface area contributed by atoms with Crippen LogP contribution in [0.5, 0.6) is 0 Å². The molecule has 3 rings (SSSR count). The van der Waals surface area contributed by atoms with Crippen LogP contribution >= 0.6 is 0 Å². The lowest BCUT2D eigenvalue weighted by Crippen LogP contribution is -2.05. The highest BCUT2D eigenvalue weighted by molar-refractivity contribution is 5.98. The zero-order chi connectivity index (χ0) is 14.8. The minimum absolute atomic E-state index is 0.382. The molecule has 0 fully saturated rings. The van der Waals surface area contributed by atoms with Gasteiger partial charge in [-0.3, -0.25) is 4.98 Å². The largest absolute Gasteiger partial charge is 0.398 e. The van der Waals surface area contributed by atoms with E-state index in [9.17, 15) is 4.39 Å². The van der Waals surface area contributed by atoms with Gasteiger partial charge in [-0.15, -0.1) is 0 Å². The van der Waals surface area contributed by atoms with Crippen molar-refractivity contribution in [3.8, 4) is 0 Å². The van der Waals surface area contributed by atoms with Crippen molar-refractivity contribution in [3.05, 3.63) is 65.6 Å². The first-order valence-corrected chi connectivity index (χ1v) is 6.78. The highest BCUT2D eigenvalue weighted by Gasteiger charge is 2.11. The lowest BCUT2D eigenvalue weighted by Gasteiger charge is -2.13. The Kier molecular flexibility index (Phi) is 3.44. The van der Waals surface area contributed by atoms with E-state index in [0.29, 0.717) is 23.4 Å². The van der Waals surface area contributed by atoms with Crippen LogP contribution in [0, 0.1) is 12.7 Å². The predicted octanol–water partition coefficient (Wildman–Crippen LogP) is 3.88. The number of rotatable bonds is 3. The van der Waals surface area contributed by atoms with E-state index in [1.807, 2.05) is 37.3 Å². The molecule has 1 heterocycles. The van der Waals surface area contributed by atoms with Gasteiger partial charge < -0.3 is 11.1 Å². The van der Waals surface area contributed by atoms with Gasteiger partial charge in [0, 0.05) is 23.8 Å². The number of nitrogens with one attached hydrogen (secondary N) is 1. The van der Waals surface area contributed by atoms with Crippen LogP contribution < -0.4 is 11.1 Å². The van der Waals surface area contributed by atoms with Crippen LogP contribution in [0.2, 0.25) is 0 Å². The second kappa shape index (κ2) is 5.40. The topological polar surface area (TPSA) is 50.9 Å². The fourth-order valence-corrected chi connectivity index (χ4v) is 2.40. The Morgan fingerprint density at radius 2 is 2.00 bits per heavy atom. The molecule has 0 aliphatic carbocycles. The third kappa shape index (κ3) is 2.52. The van der Waals surface area contributed by atoms with Gasteiger partial charge in [0.15, 0.2) is 5.82 Å². The fraction of sp³-hybridized carbons (Fsp3) is 0.118. The van der Waals surface area contributed by atoms with Crippen LogP contribution in [0.1, 0.15) is 11.1 Å². The summed E-state index contributed by atoms with van der Waals surface area (Å²) in [6.07, 6.45) is 1.64. The van der Waals surface area contributed by atoms with E-state index in [2.05, 4.69) is 10.3 Å². The molecule has 0 bridgehead atoms. The summed E-state index contributed by atoms with van der Waals surface area (Å²) in [5.74, 6) is -0.382. The molecule has 2 aromatic carbocycles. The summed E-state index contributed by atoms with van der Waals surface area (Å²) < 4.78 is 14.2. The molecule has 4 heteroatoms. The van der Waals surface area contributed by atoms with Gasteiger partial charge in [0.25, 0.3) is 0 Å². The SMILES string of the molecule is Cc1ccccc1CNc1c(F)cc(N)c2cccnc12. The maximum absolute atomic E-state index is 14.2. The van der Waals surface area contributed by atoms with Crippen molar-refractivity contribution in [1.82, 2.24) is 4.98 Å². The van der Waals surface area contributed by atoms with E-state index >= 15 is 0 Å². The van der Waals surface area contributed by atoms with Gasteiger partial charge in [-0.05, 0) is 36.2 Å². The molecule has 3 nitrogen and oxygen atoms in total. The van der Waals surface area contributed by atoms with Crippen LogP contribution in [0.4, 0.5) is 15.8 Å². The zero-order valence-electron chi connectivity index (χ0n) is 11.7. The molecule has 0 aliphatic heterocycles. The molecule has 0 spiro atoms. The standard InChI is InChI=1S/C17H16FN3/c1-11-5-2-3-6-12(11)10-21-17-14(18)9-15(19)13-7-4-8-20-16(13)17/h2-9,21H,10,19H2,1H3. The maximum atomic E-state index is 14.2. The number of fused-ring (bicyclic) bond motifs is 1. The monoisotopic (exact) mass is 281 g/mol. The third-order valence-corrected chi connectivity index (χ3v) is 3.59. The van der Waals surface area contributed by atoms with E-state index in [1.54, 1.807) is 12.3 Å². The van der Waals surface area contributed by atoms with Crippen LogP contribution in [-0.2, 0) is 6.54 Å². The maximum Gasteiger partial charge on any atom is 0.150 e. The number of hydrogen-bond acceptors (Lipinski definition) is 3. The smallest absolute Gasteiger partial charge is 0.150 e. The zero-order valence-corrected chi connectivity index (χ0v) is 11.7. The van der Waals surface area contributed by atoms with Gasteiger partial charge in [-0.25, -0.2) is 4.39 Å². The first kappa shape index (κ1) is 13.4. The first-order valence-electron chi connectivity index (χ1n) is 6.78. The second-order valence-electron chi connectivity index (χ2n) is 5.00. The fourth-order valence-electron chi connectivity index (χ4n) is 2.40. The van der Waals surface area contributed by atoms with E-state index in [-0.39, 0.29) is 5.82 Å². The molecule has 0 radical (unpaired) electrons. The third-order valence-electron chi connectivity index (χ3n) is 3.59. The Balaban J connectivity index is 1.99. The summed E-state index contributed by atoms with van der Waals surface area (Å²) in [6, 6.07) is 13.0. The molecule has 106 valence electrons. The number of nitrogens with zero attached hydrogens (tertiary/aromatic N) is 1. The summed E-state index contributed by atoms with van der Waals surface area (Å²) in [4.78, 5) is 4.26. The molecule has 0 atom stereocenters. The molecule has 3 N–H and O–H groups in total. The van der Waals surface area contributed by atoms with Crippen molar-refractivity contribution in [3.63, 3.8) is 0 Å². The number of aryl methyl sites for hydroxylation is 1. The molecule has 0 aliphatic rings. The van der Waals surface area contributed by atoms with Crippen LogP contribution in [-0.4, -0.2) is 4.98 Å². The van der Waals surface area contributed by atoms with E-state index < -0.39 is 0 Å². The van der Waals surface area contributed by atoms with Gasteiger partial charge >= 0.3 is 0 Å². The Morgan fingerprint density at radius 1 is 1.19 bits per heavy atom. The van der Waals surface area contributed by atoms with Crippen molar-refractivity contribution in [2.24, 2.45) is 0 Å². The molecular formula is C17H16FN3. The number of nitrogen functional groups attached to an aromatic ring is 1. The molecule has 0 unspecified atom stereocenters. The molecule has 1 aromatic heterocycles. The Morgan fingerprint density at radius 3 is 2.81 bits per heavy atom. The quantitative estimate of drug-likeness (QED) is 0.716. The highest BCUT2D eigenvalue weighted by Crippen LogP contribution is 2.30. The summed E-state index contributed by atoms with van der Waals surface area (Å²) in [5, 5.41) is 3.90. The van der Waals surface area contributed by atoms with E-state index in [4.69, 9.17) is 5.73 Å². The van der Waals surface area contributed by atoms with Crippen molar-refractivity contribution in [2.45, 2.75) is 13.5 Å². The summed E-state index contributed by atoms with van der Waals surface area (Å²) in [6.45, 7) is 2.58. The average molecular weight is 281 g/mol. The number of hydrogen-bond donors (Lipinski definition) is 2. The molecular weight excluding hydrogens is 265 g/mol. The lowest BCUT2D eigenvalue weighted by atomic mass is 10.1. The number of halogens is 1. The second-order valence-corrected chi connectivity index (χ2v) is 5.00. The van der Waals surface area contributed by atoms with E-state index in [1.165, 1.54) is 6.07 Å². The minimum Gasteiger partial charge on any atom is -0.398 e. The molecule has 0 saturated carbocycles. The number of aromatic nitrogens is 1. The van der Waals surface area contributed by atoms with Crippen LogP contribution in [0.15, 0.2) is 48.7 Å². The van der Waals surface area contributed by atoms with Gasteiger partial charge in [-0.2, -0.15) is 0 Å². The van der Waals surface area contributed by atoms with Gasteiger partial charge in [-0.1, -0.05) is 24.3 Å². The number of benzene rings is 2. The molecule has 21 heavy (non-hydrogen) atoms. The Bertz CT molecular complexity index is 799. The molecule has 0 amide bonds. The highest BCUT2D eigenvalue weighted by atomic mass is 19.1. The van der Waals surface area contributed by atoms with Crippen molar-refractivity contribution in [2.75, 3.05) is 11.1 Å². The van der Waals surface area contributed by atoms with Crippen molar-refractivity contribution >= 4 is 22.3 Å². The summed E-state index contributed by atoms with van der Waals surface area (Å²) in [5.41, 5.74) is 9.49. The van der Waals surface area contributed by atoms with Gasteiger partial charge in [0.05, 0.1) is 11.2 Å². The van der Waals surface area contributed by atoms with E-state index in [0.717, 1.165) is 16.5 Å². The number of pyridine rings is 1. The van der Waals surface area contributed by atoms with Crippen molar-refractivity contribution in [1.29, 1.82) is 0 Å². The first-order chi connectivity index (χ1) is 10.2. The summed E-state index contributed by atoms with van der Waals surface area (Å²) >= 11 is 0. The van der Waals surface area contributed by atoms with Crippen LogP contribution in [0.25, 0.3) is 10.9 Å².